The van der Waals surface area contributed by atoms with Gasteiger partial charge in [-0.1, -0.05) is 26.7 Å². The van der Waals surface area contributed by atoms with E-state index in [1.807, 2.05) is 4.90 Å². The van der Waals surface area contributed by atoms with E-state index in [0.717, 1.165) is 13.1 Å². The lowest BCUT2D eigenvalue weighted by Crippen LogP contribution is -2.48. The predicted molar refractivity (Wildman–Crippen MR) is 69.9 cm³/mol. The van der Waals surface area contributed by atoms with Crippen molar-refractivity contribution in [3.8, 4) is 0 Å². The van der Waals surface area contributed by atoms with Gasteiger partial charge in [0, 0.05) is 19.1 Å². The molecular formula is C14H26N2O. The van der Waals surface area contributed by atoms with Gasteiger partial charge in [-0.15, -0.1) is 0 Å². The third-order valence-electron chi connectivity index (χ3n) is 4.47. The van der Waals surface area contributed by atoms with Gasteiger partial charge in [-0.05, 0) is 31.1 Å². The van der Waals surface area contributed by atoms with E-state index >= 15 is 0 Å². The summed E-state index contributed by atoms with van der Waals surface area (Å²) in [6.45, 7) is 7.12. The van der Waals surface area contributed by atoms with Gasteiger partial charge in [0.25, 0.3) is 0 Å². The molecule has 0 bridgehead atoms. The molecule has 0 spiro atoms. The summed E-state index contributed by atoms with van der Waals surface area (Å²) >= 11 is 0. The van der Waals surface area contributed by atoms with Gasteiger partial charge in [0.05, 0.1) is 6.54 Å². The first-order chi connectivity index (χ1) is 8.09. The molecule has 2 rings (SSSR count). The number of nitrogens with one attached hydrogen (secondary N) is 1. The average molecular weight is 238 g/mol. The normalized spacial score (nSPS) is 28.4. The molecule has 98 valence electrons. The van der Waals surface area contributed by atoms with Gasteiger partial charge in [0.2, 0.25) is 5.91 Å². The highest BCUT2D eigenvalue weighted by Gasteiger charge is 2.32. The van der Waals surface area contributed by atoms with E-state index in [1.54, 1.807) is 0 Å². The summed E-state index contributed by atoms with van der Waals surface area (Å²) < 4.78 is 0. The van der Waals surface area contributed by atoms with Crippen molar-refractivity contribution in [1.82, 2.24) is 10.2 Å². The number of hydrogen-bond acceptors (Lipinski definition) is 2. The number of carbonyl (C=O) groups is 1. The van der Waals surface area contributed by atoms with Crippen molar-refractivity contribution < 1.29 is 4.79 Å². The summed E-state index contributed by atoms with van der Waals surface area (Å²) in [5, 5.41) is 3.50. The summed E-state index contributed by atoms with van der Waals surface area (Å²) in [7, 11) is 0. The summed E-state index contributed by atoms with van der Waals surface area (Å²) in [6.07, 6.45) is 7.51. The molecule has 3 heteroatoms. The molecule has 1 heterocycles. The third-order valence-corrected chi connectivity index (χ3v) is 4.47. The second-order valence-electron chi connectivity index (χ2n) is 6.26. The quantitative estimate of drug-likeness (QED) is 0.817. The van der Waals surface area contributed by atoms with Crippen molar-refractivity contribution in [3.63, 3.8) is 0 Å². The number of carbonyl (C=O) groups excluding carboxylic acids is 1. The minimum atomic E-state index is 0.295. The molecule has 1 aliphatic heterocycles. The summed E-state index contributed by atoms with van der Waals surface area (Å²) in [4.78, 5) is 14.0. The molecule has 1 aliphatic carbocycles. The van der Waals surface area contributed by atoms with E-state index in [0.29, 0.717) is 23.9 Å². The summed E-state index contributed by atoms with van der Waals surface area (Å²) in [5.74, 6) is 0.295. The Morgan fingerprint density at radius 2 is 1.94 bits per heavy atom. The van der Waals surface area contributed by atoms with Gasteiger partial charge < -0.3 is 10.2 Å². The van der Waals surface area contributed by atoms with Crippen LogP contribution in [0.5, 0.6) is 0 Å². The third kappa shape index (κ3) is 3.21. The Kier molecular flexibility index (Phi) is 4.08. The Labute approximate surface area is 105 Å². The maximum atomic E-state index is 12.0. The maximum Gasteiger partial charge on any atom is 0.236 e. The zero-order valence-corrected chi connectivity index (χ0v) is 11.3. The molecule has 3 nitrogen and oxygen atoms in total. The van der Waals surface area contributed by atoms with Crippen molar-refractivity contribution in [1.29, 1.82) is 0 Å². The van der Waals surface area contributed by atoms with Crippen LogP contribution >= 0.6 is 0 Å². The molecule has 17 heavy (non-hydrogen) atoms. The second-order valence-corrected chi connectivity index (χ2v) is 6.26. The first-order valence-electron chi connectivity index (χ1n) is 7.11. The van der Waals surface area contributed by atoms with E-state index < -0.39 is 0 Å². The monoisotopic (exact) mass is 238 g/mol. The van der Waals surface area contributed by atoms with Crippen LogP contribution in [0.15, 0.2) is 0 Å². The van der Waals surface area contributed by atoms with E-state index in [4.69, 9.17) is 0 Å². The second kappa shape index (κ2) is 5.38. The van der Waals surface area contributed by atoms with Crippen LogP contribution < -0.4 is 5.32 Å². The smallest absolute Gasteiger partial charge is 0.236 e. The lowest BCUT2D eigenvalue weighted by atomic mass is 9.73. The van der Waals surface area contributed by atoms with Gasteiger partial charge in [0.1, 0.15) is 0 Å². The predicted octanol–water partition coefficient (Wildman–Crippen LogP) is 2.17. The topological polar surface area (TPSA) is 32.3 Å². The zero-order valence-electron chi connectivity index (χ0n) is 11.3. The molecule has 0 aromatic carbocycles. The standard InChI is InChI=1S/C14H26N2O/c1-14(2)8-4-3-7-12(14)15-11-13(17)16-9-5-6-10-16/h12,15H,3-11H2,1-2H3. The van der Waals surface area contributed by atoms with Crippen LogP contribution in [0.2, 0.25) is 0 Å². The molecule has 0 radical (unpaired) electrons. The first kappa shape index (κ1) is 12.9. The summed E-state index contributed by atoms with van der Waals surface area (Å²) in [6, 6.07) is 0.516. The largest absolute Gasteiger partial charge is 0.342 e. The molecule has 2 fully saturated rings. The Morgan fingerprint density at radius 3 is 2.59 bits per heavy atom. The molecule has 2 aliphatic rings. The molecule has 1 unspecified atom stereocenters. The minimum absolute atomic E-state index is 0.295. The van der Waals surface area contributed by atoms with Crippen molar-refractivity contribution >= 4 is 5.91 Å². The fourth-order valence-corrected chi connectivity index (χ4v) is 3.16. The van der Waals surface area contributed by atoms with Gasteiger partial charge in [-0.3, -0.25) is 4.79 Å². The van der Waals surface area contributed by atoms with E-state index in [1.165, 1.54) is 38.5 Å². The van der Waals surface area contributed by atoms with Crippen LogP contribution in [0.1, 0.15) is 52.4 Å². The molecule has 1 saturated carbocycles. The number of likely N-dealkylation sites (tertiary alicyclic amines) is 1. The highest BCUT2D eigenvalue weighted by atomic mass is 16.2. The lowest BCUT2D eigenvalue weighted by Gasteiger charge is -2.39. The van der Waals surface area contributed by atoms with Crippen LogP contribution in [-0.4, -0.2) is 36.5 Å². The van der Waals surface area contributed by atoms with E-state index in [-0.39, 0.29) is 0 Å². The minimum Gasteiger partial charge on any atom is -0.342 e. The maximum absolute atomic E-state index is 12.0. The number of hydrogen-bond donors (Lipinski definition) is 1. The van der Waals surface area contributed by atoms with Gasteiger partial charge in [-0.2, -0.15) is 0 Å². The number of amides is 1. The number of nitrogens with zero attached hydrogens (tertiary/aromatic N) is 1. The van der Waals surface area contributed by atoms with E-state index in [2.05, 4.69) is 19.2 Å². The zero-order chi connectivity index (χ0) is 12.3. The first-order valence-corrected chi connectivity index (χ1v) is 7.11. The molecular weight excluding hydrogens is 212 g/mol. The molecule has 0 aromatic heterocycles. The lowest BCUT2D eigenvalue weighted by molar-refractivity contribution is -0.129. The number of rotatable bonds is 3. The van der Waals surface area contributed by atoms with Crippen molar-refractivity contribution in [3.05, 3.63) is 0 Å². The molecule has 1 amide bonds. The molecule has 1 N–H and O–H groups in total. The van der Waals surface area contributed by atoms with Crippen LogP contribution in [-0.2, 0) is 4.79 Å². The highest BCUT2D eigenvalue weighted by Crippen LogP contribution is 2.35. The van der Waals surface area contributed by atoms with Crippen molar-refractivity contribution in [2.24, 2.45) is 5.41 Å². The Bertz CT molecular complexity index is 269. The Hall–Kier alpha value is -0.570. The van der Waals surface area contributed by atoms with Crippen molar-refractivity contribution in [2.45, 2.75) is 58.4 Å². The fourth-order valence-electron chi connectivity index (χ4n) is 3.16. The highest BCUT2D eigenvalue weighted by molar-refractivity contribution is 5.78. The van der Waals surface area contributed by atoms with Gasteiger partial charge in [0.15, 0.2) is 0 Å². The van der Waals surface area contributed by atoms with Crippen LogP contribution in [0.25, 0.3) is 0 Å². The van der Waals surface area contributed by atoms with Crippen LogP contribution in [0.3, 0.4) is 0 Å². The Balaban J connectivity index is 1.78. The Morgan fingerprint density at radius 1 is 1.24 bits per heavy atom. The van der Waals surface area contributed by atoms with Gasteiger partial charge >= 0.3 is 0 Å². The molecule has 1 atom stereocenters. The molecule has 1 saturated heterocycles. The van der Waals surface area contributed by atoms with Gasteiger partial charge in [-0.25, -0.2) is 0 Å². The van der Waals surface area contributed by atoms with E-state index in [9.17, 15) is 4.79 Å². The van der Waals surface area contributed by atoms with Crippen molar-refractivity contribution in [2.75, 3.05) is 19.6 Å². The van der Waals surface area contributed by atoms with Crippen LogP contribution in [0, 0.1) is 5.41 Å². The molecule has 0 aromatic rings. The summed E-state index contributed by atoms with van der Waals surface area (Å²) in [5.41, 5.74) is 0.351. The SMILES string of the molecule is CC1(C)CCCCC1NCC(=O)N1CCCC1. The fraction of sp³-hybridized carbons (Fsp3) is 0.929. The average Bonchev–Trinajstić information content (AvgIpc) is 2.80. The van der Waals surface area contributed by atoms with Crippen LogP contribution in [0.4, 0.5) is 0 Å².